The SMILES string of the molecule is CCCCC1NC(C2CCCC2)N(CC2(C)CCC2)C1=O. The molecule has 3 fully saturated rings. The smallest absolute Gasteiger partial charge is 0.241 e. The number of nitrogens with one attached hydrogen (secondary N) is 1. The Morgan fingerprint density at radius 2 is 1.95 bits per heavy atom. The molecule has 1 saturated heterocycles. The van der Waals surface area contributed by atoms with E-state index < -0.39 is 0 Å². The standard InChI is InChI=1S/C18H32N2O/c1-3-4-10-15-17(21)20(13-18(2)11-7-12-18)16(19-15)14-8-5-6-9-14/h14-16,19H,3-13H2,1-2H3. The largest absolute Gasteiger partial charge is 0.325 e. The van der Waals surface area contributed by atoms with Gasteiger partial charge in [0.05, 0.1) is 12.2 Å². The van der Waals surface area contributed by atoms with Gasteiger partial charge in [-0.1, -0.05) is 46.0 Å². The fourth-order valence-electron chi connectivity index (χ4n) is 4.51. The molecule has 3 rings (SSSR count). The van der Waals surface area contributed by atoms with Gasteiger partial charge in [-0.25, -0.2) is 0 Å². The highest BCUT2D eigenvalue weighted by molar-refractivity contribution is 5.84. The van der Waals surface area contributed by atoms with E-state index in [1.807, 2.05) is 0 Å². The van der Waals surface area contributed by atoms with E-state index in [-0.39, 0.29) is 6.04 Å². The van der Waals surface area contributed by atoms with Crippen molar-refractivity contribution in [2.75, 3.05) is 6.54 Å². The normalized spacial score (nSPS) is 32.7. The predicted octanol–water partition coefficient (Wildman–Crippen LogP) is 3.68. The van der Waals surface area contributed by atoms with Gasteiger partial charge in [0.1, 0.15) is 0 Å². The van der Waals surface area contributed by atoms with Crippen molar-refractivity contribution >= 4 is 5.91 Å². The van der Waals surface area contributed by atoms with E-state index in [2.05, 4.69) is 24.1 Å². The van der Waals surface area contributed by atoms with Crippen molar-refractivity contribution in [3.05, 3.63) is 0 Å². The monoisotopic (exact) mass is 292 g/mol. The first kappa shape index (κ1) is 15.3. The lowest BCUT2D eigenvalue weighted by Gasteiger charge is -2.43. The number of nitrogens with zero attached hydrogens (tertiary/aromatic N) is 1. The molecule has 2 saturated carbocycles. The summed E-state index contributed by atoms with van der Waals surface area (Å²) in [6.07, 6.45) is 12.9. The van der Waals surface area contributed by atoms with Crippen LogP contribution in [0.4, 0.5) is 0 Å². The van der Waals surface area contributed by atoms with Crippen LogP contribution in [0.5, 0.6) is 0 Å². The predicted molar refractivity (Wildman–Crippen MR) is 85.9 cm³/mol. The number of hydrogen-bond acceptors (Lipinski definition) is 2. The van der Waals surface area contributed by atoms with E-state index >= 15 is 0 Å². The second-order valence-corrected chi connectivity index (χ2v) is 7.98. The van der Waals surface area contributed by atoms with Crippen molar-refractivity contribution < 1.29 is 4.79 Å². The molecule has 2 unspecified atom stereocenters. The highest BCUT2D eigenvalue weighted by Crippen LogP contribution is 2.43. The summed E-state index contributed by atoms with van der Waals surface area (Å²) >= 11 is 0. The molecule has 1 amide bonds. The molecule has 1 heterocycles. The maximum Gasteiger partial charge on any atom is 0.241 e. The fraction of sp³-hybridized carbons (Fsp3) is 0.944. The fourth-order valence-corrected chi connectivity index (χ4v) is 4.51. The summed E-state index contributed by atoms with van der Waals surface area (Å²) in [7, 11) is 0. The number of rotatable bonds is 6. The van der Waals surface area contributed by atoms with Gasteiger partial charge in [-0.2, -0.15) is 0 Å². The summed E-state index contributed by atoms with van der Waals surface area (Å²) in [6, 6.07) is 0.0965. The second kappa shape index (κ2) is 6.28. The first-order valence-corrected chi connectivity index (χ1v) is 9.19. The topological polar surface area (TPSA) is 32.3 Å². The molecule has 0 aromatic carbocycles. The minimum absolute atomic E-state index is 0.0965. The van der Waals surface area contributed by atoms with Crippen LogP contribution >= 0.6 is 0 Å². The number of carbonyl (C=O) groups excluding carboxylic acids is 1. The summed E-state index contributed by atoms with van der Waals surface area (Å²) in [5.74, 6) is 1.10. The van der Waals surface area contributed by atoms with Crippen LogP contribution in [0.1, 0.15) is 78.1 Å². The third-order valence-electron chi connectivity index (χ3n) is 6.09. The van der Waals surface area contributed by atoms with Crippen molar-refractivity contribution in [3.63, 3.8) is 0 Å². The summed E-state index contributed by atoms with van der Waals surface area (Å²) in [5, 5.41) is 3.71. The van der Waals surface area contributed by atoms with Crippen molar-refractivity contribution in [2.24, 2.45) is 11.3 Å². The number of carbonyl (C=O) groups is 1. The lowest BCUT2D eigenvalue weighted by atomic mass is 9.70. The van der Waals surface area contributed by atoms with Gasteiger partial charge in [0.2, 0.25) is 5.91 Å². The highest BCUT2D eigenvalue weighted by atomic mass is 16.2. The molecule has 3 heteroatoms. The van der Waals surface area contributed by atoms with Gasteiger partial charge in [0.25, 0.3) is 0 Å². The first-order valence-electron chi connectivity index (χ1n) is 9.19. The zero-order chi connectivity index (χ0) is 14.9. The number of amides is 1. The van der Waals surface area contributed by atoms with Gasteiger partial charge in [0.15, 0.2) is 0 Å². The first-order chi connectivity index (χ1) is 10.1. The molecule has 1 aliphatic heterocycles. The number of unbranched alkanes of at least 4 members (excludes halogenated alkanes) is 1. The molecule has 0 bridgehead atoms. The number of hydrogen-bond donors (Lipinski definition) is 1. The van der Waals surface area contributed by atoms with Crippen LogP contribution in [-0.2, 0) is 4.79 Å². The molecule has 2 aliphatic carbocycles. The van der Waals surface area contributed by atoms with E-state index in [4.69, 9.17) is 0 Å². The second-order valence-electron chi connectivity index (χ2n) is 7.98. The molecule has 0 aromatic rings. The molecular weight excluding hydrogens is 260 g/mol. The Labute approximate surface area is 129 Å². The van der Waals surface area contributed by atoms with E-state index in [1.54, 1.807) is 0 Å². The van der Waals surface area contributed by atoms with Crippen LogP contribution in [0.3, 0.4) is 0 Å². The maximum atomic E-state index is 12.9. The Kier molecular flexibility index (Phi) is 4.58. The Morgan fingerprint density at radius 1 is 1.24 bits per heavy atom. The van der Waals surface area contributed by atoms with Crippen LogP contribution in [0.2, 0.25) is 0 Å². The Morgan fingerprint density at radius 3 is 2.52 bits per heavy atom. The van der Waals surface area contributed by atoms with Crippen LogP contribution in [-0.4, -0.2) is 29.6 Å². The lowest BCUT2D eigenvalue weighted by molar-refractivity contribution is -0.133. The third-order valence-corrected chi connectivity index (χ3v) is 6.09. The highest BCUT2D eigenvalue weighted by Gasteiger charge is 2.46. The molecule has 3 nitrogen and oxygen atoms in total. The minimum Gasteiger partial charge on any atom is -0.325 e. The summed E-state index contributed by atoms with van der Waals surface area (Å²) in [6.45, 7) is 5.57. The lowest BCUT2D eigenvalue weighted by Crippen LogP contribution is -2.48. The van der Waals surface area contributed by atoms with Crippen LogP contribution in [0.25, 0.3) is 0 Å². The van der Waals surface area contributed by atoms with Crippen molar-refractivity contribution in [1.82, 2.24) is 10.2 Å². The van der Waals surface area contributed by atoms with Crippen LogP contribution < -0.4 is 5.32 Å². The van der Waals surface area contributed by atoms with Crippen molar-refractivity contribution in [3.8, 4) is 0 Å². The zero-order valence-corrected chi connectivity index (χ0v) is 13.9. The molecule has 0 spiro atoms. The van der Waals surface area contributed by atoms with E-state index in [0.29, 0.717) is 23.4 Å². The van der Waals surface area contributed by atoms with E-state index in [9.17, 15) is 4.79 Å². The van der Waals surface area contributed by atoms with Crippen molar-refractivity contribution in [2.45, 2.75) is 90.3 Å². The van der Waals surface area contributed by atoms with E-state index in [1.165, 1.54) is 51.4 Å². The average molecular weight is 292 g/mol. The maximum absolute atomic E-state index is 12.9. The van der Waals surface area contributed by atoms with Crippen LogP contribution in [0, 0.1) is 11.3 Å². The molecule has 21 heavy (non-hydrogen) atoms. The molecule has 0 aromatic heterocycles. The Bertz CT molecular complexity index is 371. The Hall–Kier alpha value is -0.570. The van der Waals surface area contributed by atoms with Crippen LogP contribution in [0.15, 0.2) is 0 Å². The molecule has 120 valence electrons. The van der Waals surface area contributed by atoms with Gasteiger partial charge in [-0.05, 0) is 43.4 Å². The molecule has 1 N–H and O–H groups in total. The average Bonchev–Trinajstić information content (AvgIpc) is 3.05. The summed E-state index contributed by atoms with van der Waals surface area (Å²) < 4.78 is 0. The van der Waals surface area contributed by atoms with Gasteiger partial charge in [-0.15, -0.1) is 0 Å². The molecular formula is C18H32N2O. The third kappa shape index (κ3) is 3.13. The Balaban J connectivity index is 1.69. The zero-order valence-electron chi connectivity index (χ0n) is 13.9. The van der Waals surface area contributed by atoms with Gasteiger partial charge < -0.3 is 4.90 Å². The van der Waals surface area contributed by atoms with Gasteiger partial charge in [0, 0.05) is 6.54 Å². The summed E-state index contributed by atoms with van der Waals surface area (Å²) in [4.78, 5) is 15.1. The summed E-state index contributed by atoms with van der Waals surface area (Å²) in [5.41, 5.74) is 0.397. The minimum atomic E-state index is 0.0965. The van der Waals surface area contributed by atoms with Gasteiger partial charge in [-0.3, -0.25) is 10.1 Å². The van der Waals surface area contributed by atoms with Crippen molar-refractivity contribution in [1.29, 1.82) is 0 Å². The quantitative estimate of drug-likeness (QED) is 0.810. The molecule has 3 aliphatic rings. The molecule has 2 atom stereocenters. The van der Waals surface area contributed by atoms with E-state index in [0.717, 1.165) is 19.4 Å². The molecule has 0 radical (unpaired) electrons. The van der Waals surface area contributed by atoms with Gasteiger partial charge >= 0.3 is 0 Å².